The van der Waals surface area contributed by atoms with Crippen molar-refractivity contribution in [2.24, 2.45) is 0 Å². The van der Waals surface area contributed by atoms with Crippen molar-refractivity contribution in [1.29, 1.82) is 0 Å². The number of halogens is 6. The van der Waals surface area contributed by atoms with Crippen LogP contribution >= 0.6 is 11.6 Å². The Balaban J connectivity index is 3.55. The maximum atomic E-state index is 12.4. The van der Waals surface area contributed by atoms with Crippen LogP contribution in [0, 0.1) is 10.1 Å². The van der Waals surface area contributed by atoms with E-state index in [9.17, 15) is 32.1 Å². The molecule has 4 nitrogen and oxygen atoms in total. The first-order chi connectivity index (χ1) is 7.64. The first-order valence-electron chi connectivity index (χ1n) is 3.84. The van der Waals surface area contributed by atoms with Crippen molar-refractivity contribution in [3.63, 3.8) is 0 Å². The summed E-state index contributed by atoms with van der Waals surface area (Å²) in [6.07, 6.45) is -8.52. The van der Waals surface area contributed by atoms with Gasteiger partial charge in [-0.05, 0) is 9.91 Å². The van der Waals surface area contributed by atoms with E-state index in [1.807, 2.05) is 0 Å². The van der Waals surface area contributed by atoms with Crippen molar-refractivity contribution in [1.82, 2.24) is 4.98 Å². The van der Waals surface area contributed by atoms with Gasteiger partial charge in [-0.25, -0.2) is 8.78 Å². The van der Waals surface area contributed by atoms with E-state index >= 15 is 0 Å². The third-order valence-corrected chi connectivity index (χ3v) is 2.07. The summed E-state index contributed by atoms with van der Waals surface area (Å²) in [6.45, 7) is 0. The van der Waals surface area contributed by atoms with E-state index in [1.165, 1.54) is 0 Å². The average molecular weight is 277 g/mol. The molecule has 17 heavy (non-hydrogen) atoms. The lowest BCUT2D eigenvalue weighted by Gasteiger charge is -2.09. The topological polar surface area (TPSA) is 56.0 Å². The molecule has 0 bridgehead atoms. The van der Waals surface area contributed by atoms with Crippen molar-refractivity contribution in [2.45, 2.75) is 12.6 Å². The second-order valence-corrected chi connectivity index (χ2v) is 3.16. The maximum absolute atomic E-state index is 12.4. The van der Waals surface area contributed by atoms with Crippen molar-refractivity contribution < 1.29 is 26.9 Å². The minimum Gasteiger partial charge on any atom is -0.358 e. The van der Waals surface area contributed by atoms with E-state index in [0.717, 1.165) is 0 Å². The minimum absolute atomic E-state index is 0.00815. The highest BCUT2D eigenvalue weighted by molar-refractivity contribution is 6.32. The number of rotatable bonds is 2. The second kappa shape index (κ2) is 4.40. The number of aromatic nitrogens is 1. The molecule has 1 aromatic heterocycles. The molecule has 0 spiro atoms. The molecule has 1 aromatic rings. The summed E-state index contributed by atoms with van der Waals surface area (Å²) in [5.41, 5.74) is -3.18. The molecule has 0 aromatic carbocycles. The molecule has 1 heterocycles. The van der Waals surface area contributed by atoms with E-state index in [0.29, 0.717) is 0 Å². The first kappa shape index (κ1) is 13.6. The first-order valence-corrected chi connectivity index (χ1v) is 4.22. The van der Waals surface area contributed by atoms with Gasteiger partial charge in [-0.15, -0.1) is 0 Å². The Morgan fingerprint density at radius 2 is 1.94 bits per heavy atom. The summed E-state index contributed by atoms with van der Waals surface area (Å²) >= 11 is 5.08. The smallest absolute Gasteiger partial charge is 0.358 e. The lowest BCUT2D eigenvalue weighted by molar-refractivity contribution is -0.390. The Labute approximate surface area is 95.2 Å². The summed E-state index contributed by atoms with van der Waals surface area (Å²) in [5.74, 6) is -1.34. The van der Waals surface area contributed by atoms with Crippen molar-refractivity contribution in [2.75, 3.05) is 0 Å². The highest BCUT2D eigenvalue weighted by Crippen LogP contribution is 2.40. The van der Waals surface area contributed by atoms with Crippen LogP contribution < -0.4 is 0 Å². The lowest BCUT2D eigenvalue weighted by Crippen LogP contribution is -2.10. The Morgan fingerprint density at radius 1 is 1.41 bits per heavy atom. The van der Waals surface area contributed by atoms with Crippen LogP contribution in [0.1, 0.15) is 17.7 Å². The van der Waals surface area contributed by atoms with Gasteiger partial charge < -0.3 is 10.1 Å². The zero-order valence-electron chi connectivity index (χ0n) is 7.63. The molecule has 0 saturated heterocycles. The quantitative estimate of drug-likeness (QED) is 0.471. The Hall–Kier alpha value is -1.51. The van der Waals surface area contributed by atoms with E-state index < -0.39 is 39.6 Å². The van der Waals surface area contributed by atoms with Crippen LogP contribution in [0.15, 0.2) is 6.07 Å². The molecule has 0 saturated carbocycles. The third-order valence-electron chi connectivity index (χ3n) is 1.67. The number of pyridine rings is 1. The Bertz CT molecular complexity index is 462. The highest BCUT2D eigenvalue weighted by Gasteiger charge is 2.39. The minimum atomic E-state index is -5.07. The van der Waals surface area contributed by atoms with Crippen LogP contribution in [-0.2, 0) is 6.18 Å². The van der Waals surface area contributed by atoms with Crippen LogP contribution in [-0.4, -0.2) is 9.91 Å². The Morgan fingerprint density at radius 3 is 2.29 bits per heavy atom. The van der Waals surface area contributed by atoms with Crippen LogP contribution in [0.25, 0.3) is 0 Å². The molecule has 1 rings (SSSR count). The average Bonchev–Trinajstić information content (AvgIpc) is 2.15. The SMILES string of the molecule is O=[N+]([O-])c1cc(C(F)(F)F)c(Cl)c(C(F)F)n1. The van der Waals surface area contributed by atoms with Crippen molar-refractivity contribution in [3.05, 3.63) is 32.5 Å². The predicted molar refractivity (Wildman–Crippen MR) is 45.9 cm³/mol. The zero-order valence-corrected chi connectivity index (χ0v) is 8.39. The van der Waals surface area contributed by atoms with Crippen molar-refractivity contribution in [3.8, 4) is 0 Å². The van der Waals surface area contributed by atoms with Gasteiger partial charge >= 0.3 is 18.4 Å². The Kier molecular flexibility index (Phi) is 3.51. The van der Waals surface area contributed by atoms with Crippen LogP contribution in [0.5, 0.6) is 0 Å². The largest absolute Gasteiger partial charge is 0.418 e. The molecule has 0 aliphatic carbocycles. The molecule has 0 unspecified atom stereocenters. The molecule has 0 aliphatic rings. The van der Waals surface area contributed by atoms with Crippen LogP contribution in [0.2, 0.25) is 5.02 Å². The normalized spacial score (nSPS) is 11.9. The molecule has 0 aliphatic heterocycles. The van der Waals surface area contributed by atoms with E-state index in [1.54, 1.807) is 0 Å². The van der Waals surface area contributed by atoms with Gasteiger partial charge in [0.15, 0.2) is 0 Å². The number of hydrogen-bond acceptors (Lipinski definition) is 3. The summed E-state index contributed by atoms with van der Waals surface area (Å²) < 4.78 is 61.7. The van der Waals surface area contributed by atoms with Crippen molar-refractivity contribution >= 4 is 17.4 Å². The molecule has 10 heteroatoms. The van der Waals surface area contributed by atoms with Gasteiger partial charge in [0, 0.05) is 6.07 Å². The van der Waals surface area contributed by atoms with Crippen LogP contribution in [0.3, 0.4) is 0 Å². The van der Waals surface area contributed by atoms with E-state index in [2.05, 4.69) is 4.98 Å². The zero-order chi connectivity index (χ0) is 13.4. The van der Waals surface area contributed by atoms with Gasteiger partial charge in [-0.2, -0.15) is 13.2 Å². The predicted octanol–water partition coefficient (Wildman–Crippen LogP) is 3.60. The monoisotopic (exact) mass is 276 g/mol. The molecule has 0 fully saturated rings. The van der Waals surface area contributed by atoms with Gasteiger partial charge in [0.25, 0.3) is 0 Å². The highest BCUT2D eigenvalue weighted by atomic mass is 35.5. The van der Waals surface area contributed by atoms with E-state index in [-0.39, 0.29) is 6.07 Å². The van der Waals surface area contributed by atoms with Gasteiger partial charge in [0.2, 0.25) is 5.69 Å². The molecule has 0 radical (unpaired) electrons. The molecule has 0 amide bonds. The maximum Gasteiger partial charge on any atom is 0.418 e. The fourth-order valence-corrected chi connectivity index (χ4v) is 1.27. The van der Waals surface area contributed by atoms with E-state index in [4.69, 9.17) is 11.6 Å². The van der Waals surface area contributed by atoms with Gasteiger partial charge in [-0.1, -0.05) is 11.6 Å². The third kappa shape index (κ3) is 2.78. The van der Waals surface area contributed by atoms with Gasteiger partial charge in [-0.3, -0.25) is 0 Å². The summed E-state index contributed by atoms with van der Waals surface area (Å²) in [7, 11) is 0. The summed E-state index contributed by atoms with van der Waals surface area (Å²) in [5, 5.41) is 8.92. The fraction of sp³-hybridized carbons (Fsp3) is 0.286. The number of alkyl halides is 5. The lowest BCUT2D eigenvalue weighted by atomic mass is 10.2. The molecule has 0 N–H and O–H groups in total. The fourth-order valence-electron chi connectivity index (χ4n) is 0.980. The standard InChI is InChI=1S/C7H2ClF5N2O2/c8-4-2(7(11,12)13)1-3(15(16)17)14-5(4)6(9)10/h1,6H. The molecule has 0 atom stereocenters. The van der Waals surface area contributed by atoms with Crippen LogP contribution in [0.4, 0.5) is 27.8 Å². The number of nitrogens with zero attached hydrogens (tertiary/aromatic N) is 2. The van der Waals surface area contributed by atoms with Gasteiger partial charge in [0.1, 0.15) is 5.02 Å². The van der Waals surface area contributed by atoms with Gasteiger partial charge in [0.05, 0.1) is 5.56 Å². The molecular formula is C7H2ClF5N2O2. The number of hydrogen-bond donors (Lipinski definition) is 0. The molecule has 94 valence electrons. The summed E-state index contributed by atoms with van der Waals surface area (Å²) in [6, 6.07) is 0.00815. The molecular weight excluding hydrogens is 275 g/mol. The summed E-state index contributed by atoms with van der Waals surface area (Å²) in [4.78, 5) is 11.7. The second-order valence-electron chi connectivity index (χ2n) is 2.78. The number of nitro groups is 1.